The molecule has 3 N–H and O–H groups in total. The van der Waals surface area contributed by atoms with Gasteiger partial charge >= 0.3 is 5.69 Å². The van der Waals surface area contributed by atoms with Crippen LogP contribution in [0.5, 0.6) is 0 Å². The second kappa shape index (κ2) is 7.77. The van der Waals surface area contributed by atoms with Crippen LogP contribution in [0.3, 0.4) is 0 Å². The minimum atomic E-state index is -3.60. The lowest BCUT2D eigenvalue weighted by Crippen LogP contribution is -2.31. The quantitative estimate of drug-likeness (QED) is 0.536. The third-order valence-corrected chi connectivity index (χ3v) is 5.53. The van der Waals surface area contributed by atoms with Gasteiger partial charge in [0.2, 0.25) is 10.0 Å². The van der Waals surface area contributed by atoms with Crippen molar-refractivity contribution in [3.8, 4) is 0 Å². The van der Waals surface area contributed by atoms with Gasteiger partial charge in [0.15, 0.2) is 0 Å². The summed E-state index contributed by atoms with van der Waals surface area (Å²) in [4.78, 5) is 27.2. The molecule has 1 amide bonds. The summed E-state index contributed by atoms with van der Waals surface area (Å²) >= 11 is 0. The highest BCUT2D eigenvalue weighted by molar-refractivity contribution is 7.89. The Morgan fingerprint density at radius 3 is 2.52 bits per heavy atom. The topological polar surface area (TPSA) is 113 Å². The minimum Gasteiger partial charge on any atom is -0.304 e. The molecular weight excluding hydrogens is 368 g/mol. The molecule has 2 aromatic carbocycles. The number of hydrogen-bond acceptors (Lipinski definition) is 4. The Bertz CT molecular complexity index is 1110. The number of aromatic amines is 1. The van der Waals surface area contributed by atoms with E-state index in [0.29, 0.717) is 17.6 Å². The van der Waals surface area contributed by atoms with Gasteiger partial charge in [-0.1, -0.05) is 25.5 Å². The standard InChI is InChI=1S/C18H20N4O4S/c1-2-3-12-19-27(25,26)14-10-8-13(9-11-14)17(23)21-22-16-7-5-4-6-15(16)20-18(22)24/h4-11,19H,2-3,12H2,1H3,(H,20,24)(H,21,23). The number of carbonyl (C=O) groups is 1. The average Bonchev–Trinajstić information content (AvgIpc) is 2.97. The lowest BCUT2D eigenvalue weighted by atomic mass is 10.2. The van der Waals surface area contributed by atoms with Crippen LogP contribution in [0.25, 0.3) is 11.0 Å². The van der Waals surface area contributed by atoms with E-state index in [2.05, 4.69) is 15.1 Å². The smallest absolute Gasteiger partial charge is 0.304 e. The Morgan fingerprint density at radius 1 is 1.11 bits per heavy atom. The fourth-order valence-electron chi connectivity index (χ4n) is 2.58. The van der Waals surface area contributed by atoms with Crippen molar-refractivity contribution in [3.63, 3.8) is 0 Å². The van der Waals surface area contributed by atoms with Crippen molar-refractivity contribution in [2.45, 2.75) is 24.7 Å². The van der Waals surface area contributed by atoms with Crippen LogP contribution in [-0.2, 0) is 10.0 Å². The number of nitrogens with one attached hydrogen (secondary N) is 3. The molecular formula is C18H20N4O4S. The van der Waals surface area contributed by atoms with E-state index >= 15 is 0 Å². The maximum atomic E-state index is 12.4. The summed E-state index contributed by atoms with van der Waals surface area (Å²) in [5, 5.41) is 0. The van der Waals surface area contributed by atoms with Crippen LogP contribution in [0.2, 0.25) is 0 Å². The number of amides is 1. The third kappa shape index (κ3) is 4.09. The van der Waals surface area contributed by atoms with Crippen LogP contribution in [-0.4, -0.2) is 30.5 Å². The zero-order valence-corrected chi connectivity index (χ0v) is 15.5. The molecule has 1 aromatic heterocycles. The van der Waals surface area contributed by atoms with E-state index in [4.69, 9.17) is 0 Å². The lowest BCUT2D eigenvalue weighted by Gasteiger charge is -2.08. The van der Waals surface area contributed by atoms with Crippen LogP contribution in [0.15, 0.2) is 58.2 Å². The maximum absolute atomic E-state index is 12.4. The molecule has 142 valence electrons. The number of imidazole rings is 1. The Labute approximate surface area is 156 Å². The molecule has 0 aliphatic carbocycles. The Balaban J connectivity index is 1.78. The van der Waals surface area contributed by atoms with E-state index in [-0.39, 0.29) is 10.5 Å². The molecule has 0 spiro atoms. The van der Waals surface area contributed by atoms with Crippen molar-refractivity contribution in [1.82, 2.24) is 14.4 Å². The number of benzene rings is 2. The van der Waals surface area contributed by atoms with Gasteiger partial charge in [-0.05, 0) is 42.8 Å². The van der Waals surface area contributed by atoms with Crippen molar-refractivity contribution in [2.75, 3.05) is 12.0 Å². The number of hydrogen-bond donors (Lipinski definition) is 3. The summed E-state index contributed by atoms with van der Waals surface area (Å²) in [7, 11) is -3.60. The number of rotatable bonds is 7. The molecule has 0 aliphatic rings. The van der Waals surface area contributed by atoms with E-state index in [0.717, 1.165) is 17.5 Å². The Kier molecular flexibility index (Phi) is 5.43. The number of carbonyl (C=O) groups excluding carboxylic acids is 1. The Hall–Kier alpha value is -2.91. The summed E-state index contributed by atoms with van der Waals surface area (Å²) in [6, 6.07) is 12.5. The van der Waals surface area contributed by atoms with E-state index in [1.165, 1.54) is 24.3 Å². The number of nitrogens with zero attached hydrogens (tertiary/aromatic N) is 1. The van der Waals surface area contributed by atoms with E-state index in [9.17, 15) is 18.0 Å². The van der Waals surface area contributed by atoms with Crippen molar-refractivity contribution in [3.05, 3.63) is 64.6 Å². The van der Waals surface area contributed by atoms with Gasteiger partial charge in [-0.15, -0.1) is 0 Å². The van der Waals surface area contributed by atoms with Gasteiger partial charge in [0.1, 0.15) is 0 Å². The van der Waals surface area contributed by atoms with Gasteiger partial charge in [0.05, 0.1) is 15.9 Å². The third-order valence-electron chi connectivity index (χ3n) is 4.05. The molecule has 0 bridgehead atoms. The first kappa shape index (κ1) is 18.9. The monoisotopic (exact) mass is 388 g/mol. The Morgan fingerprint density at radius 2 is 1.81 bits per heavy atom. The van der Waals surface area contributed by atoms with Crippen LogP contribution in [0.1, 0.15) is 30.1 Å². The van der Waals surface area contributed by atoms with Gasteiger partial charge in [-0.25, -0.2) is 22.6 Å². The number of H-pyrrole nitrogens is 1. The molecule has 0 atom stereocenters. The van der Waals surface area contributed by atoms with Crippen molar-refractivity contribution < 1.29 is 13.2 Å². The lowest BCUT2D eigenvalue weighted by molar-refractivity contribution is 0.101. The predicted octanol–water partition coefficient (Wildman–Crippen LogP) is 1.79. The fourth-order valence-corrected chi connectivity index (χ4v) is 3.66. The number of sulfonamides is 1. The summed E-state index contributed by atoms with van der Waals surface area (Å²) in [6.07, 6.45) is 1.63. The molecule has 0 unspecified atom stereocenters. The zero-order chi connectivity index (χ0) is 19.4. The maximum Gasteiger partial charge on any atom is 0.345 e. The molecule has 0 fully saturated rings. The largest absolute Gasteiger partial charge is 0.345 e. The summed E-state index contributed by atoms with van der Waals surface area (Å²) in [5.41, 5.74) is 3.42. The van der Waals surface area contributed by atoms with Gasteiger partial charge in [-0.2, -0.15) is 0 Å². The first-order chi connectivity index (χ1) is 12.9. The molecule has 27 heavy (non-hydrogen) atoms. The number of para-hydroxylation sites is 2. The molecule has 0 aliphatic heterocycles. The molecule has 0 saturated carbocycles. The molecule has 9 heteroatoms. The highest BCUT2D eigenvalue weighted by Crippen LogP contribution is 2.12. The fraction of sp³-hybridized carbons (Fsp3) is 0.222. The average molecular weight is 388 g/mol. The first-order valence-electron chi connectivity index (χ1n) is 8.53. The van der Waals surface area contributed by atoms with Gasteiger partial charge in [0, 0.05) is 12.1 Å². The van der Waals surface area contributed by atoms with Crippen molar-refractivity contribution in [1.29, 1.82) is 0 Å². The molecule has 8 nitrogen and oxygen atoms in total. The molecule has 1 heterocycles. The zero-order valence-electron chi connectivity index (χ0n) is 14.7. The number of unbranched alkanes of at least 4 members (excludes halogenated alkanes) is 1. The van der Waals surface area contributed by atoms with Crippen LogP contribution in [0, 0.1) is 0 Å². The predicted molar refractivity (Wildman–Crippen MR) is 103 cm³/mol. The van der Waals surface area contributed by atoms with E-state index in [1.807, 2.05) is 6.92 Å². The number of fused-ring (bicyclic) bond motifs is 1. The normalized spacial score (nSPS) is 11.6. The molecule has 3 aromatic rings. The summed E-state index contributed by atoms with van der Waals surface area (Å²) < 4.78 is 28.0. The van der Waals surface area contributed by atoms with Gasteiger partial charge in [0.25, 0.3) is 5.91 Å². The SMILES string of the molecule is CCCCNS(=O)(=O)c1ccc(C(=O)Nn2c(=O)[nH]c3ccccc32)cc1. The molecule has 0 saturated heterocycles. The summed E-state index contributed by atoms with van der Waals surface area (Å²) in [6.45, 7) is 2.34. The second-order valence-corrected chi connectivity index (χ2v) is 7.77. The summed E-state index contributed by atoms with van der Waals surface area (Å²) in [5.74, 6) is -0.523. The minimum absolute atomic E-state index is 0.0828. The van der Waals surface area contributed by atoms with Crippen molar-refractivity contribution in [2.24, 2.45) is 0 Å². The highest BCUT2D eigenvalue weighted by Gasteiger charge is 2.15. The van der Waals surface area contributed by atoms with Crippen LogP contribution in [0.4, 0.5) is 0 Å². The van der Waals surface area contributed by atoms with E-state index in [1.54, 1.807) is 24.3 Å². The van der Waals surface area contributed by atoms with Crippen LogP contribution < -0.4 is 15.8 Å². The molecule has 3 rings (SSSR count). The molecule has 0 radical (unpaired) electrons. The van der Waals surface area contributed by atoms with Crippen molar-refractivity contribution >= 4 is 27.0 Å². The number of aromatic nitrogens is 2. The van der Waals surface area contributed by atoms with Gasteiger partial charge < -0.3 is 4.98 Å². The first-order valence-corrected chi connectivity index (χ1v) is 10.0. The van der Waals surface area contributed by atoms with Crippen LogP contribution >= 0.6 is 0 Å². The highest BCUT2D eigenvalue weighted by atomic mass is 32.2. The van der Waals surface area contributed by atoms with E-state index < -0.39 is 21.6 Å². The second-order valence-electron chi connectivity index (χ2n) is 6.00. The van der Waals surface area contributed by atoms with Gasteiger partial charge in [-0.3, -0.25) is 10.2 Å².